The van der Waals surface area contributed by atoms with E-state index >= 15 is 0 Å². The predicted octanol–water partition coefficient (Wildman–Crippen LogP) is 0.242. The van der Waals surface area contributed by atoms with Gasteiger partial charge in [-0.3, -0.25) is 5.43 Å². The first-order chi connectivity index (χ1) is 7.86. The van der Waals surface area contributed by atoms with Crippen molar-refractivity contribution in [2.45, 2.75) is 6.54 Å². The first-order valence-corrected chi connectivity index (χ1v) is 5.14. The van der Waals surface area contributed by atoms with E-state index in [0.29, 0.717) is 25.7 Å². The average molecular weight is 222 g/mol. The zero-order chi connectivity index (χ0) is 11.6. The number of rotatable bonds is 5. The van der Waals surface area contributed by atoms with Crippen LogP contribution in [-0.4, -0.2) is 26.2 Å². The van der Waals surface area contributed by atoms with Crippen molar-refractivity contribution in [3.63, 3.8) is 0 Å². The van der Waals surface area contributed by atoms with Crippen LogP contribution >= 0.6 is 0 Å². The average Bonchev–Trinajstić information content (AvgIpc) is 2.35. The highest BCUT2D eigenvalue weighted by molar-refractivity contribution is 5.79. The van der Waals surface area contributed by atoms with Gasteiger partial charge in [0.1, 0.15) is 0 Å². The molecule has 0 aromatic heterocycles. The van der Waals surface area contributed by atoms with E-state index in [0.717, 1.165) is 5.56 Å². The summed E-state index contributed by atoms with van der Waals surface area (Å²) in [6.45, 7) is 1.89. The van der Waals surface area contributed by atoms with Crippen molar-refractivity contribution in [2.24, 2.45) is 10.8 Å². The Kier molecular flexibility index (Phi) is 5.98. The van der Waals surface area contributed by atoms with Crippen molar-refractivity contribution in [3.8, 4) is 0 Å². The second-order valence-corrected chi connectivity index (χ2v) is 3.21. The van der Waals surface area contributed by atoms with Gasteiger partial charge in [-0.2, -0.15) is 0 Å². The van der Waals surface area contributed by atoms with Gasteiger partial charge in [0.2, 0.25) is 5.96 Å². The van der Waals surface area contributed by atoms with Crippen molar-refractivity contribution in [1.29, 1.82) is 0 Å². The summed E-state index contributed by atoms with van der Waals surface area (Å²) in [5, 5.41) is 3.03. The highest BCUT2D eigenvalue weighted by Crippen LogP contribution is 1.99. The van der Waals surface area contributed by atoms with Crippen LogP contribution in [0.25, 0.3) is 0 Å². The van der Waals surface area contributed by atoms with Gasteiger partial charge in [0.05, 0.1) is 13.2 Å². The number of guanidine groups is 1. The molecule has 0 amide bonds. The Labute approximate surface area is 95.7 Å². The van der Waals surface area contributed by atoms with Crippen molar-refractivity contribution in [1.82, 2.24) is 10.7 Å². The molecule has 0 radical (unpaired) electrons. The molecule has 0 aliphatic carbocycles. The maximum absolute atomic E-state index is 5.34. The summed E-state index contributed by atoms with van der Waals surface area (Å²) in [6, 6.07) is 9.99. The second-order valence-electron chi connectivity index (χ2n) is 3.21. The third kappa shape index (κ3) is 4.77. The maximum Gasteiger partial charge on any atom is 0.206 e. The molecule has 88 valence electrons. The van der Waals surface area contributed by atoms with Crippen LogP contribution in [-0.2, 0) is 11.3 Å². The Hall–Kier alpha value is -1.59. The summed E-state index contributed by atoms with van der Waals surface area (Å²) in [5.74, 6) is 5.91. The monoisotopic (exact) mass is 222 g/mol. The van der Waals surface area contributed by atoms with E-state index in [1.54, 1.807) is 7.11 Å². The fourth-order valence-corrected chi connectivity index (χ4v) is 1.18. The summed E-state index contributed by atoms with van der Waals surface area (Å²) >= 11 is 0. The number of benzene rings is 1. The molecule has 0 spiro atoms. The van der Waals surface area contributed by atoms with Gasteiger partial charge >= 0.3 is 0 Å². The molecule has 0 unspecified atom stereocenters. The van der Waals surface area contributed by atoms with Crippen molar-refractivity contribution in [3.05, 3.63) is 35.9 Å². The standard InChI is InChI=1S/C11H18N4O/c1-16-8-7-13-11(15-12)14-9-10-5-3-2-4-6-10/h2-6H,7-9,12H2,1H3,(H2,13,14,15). The number of nitrogens with two attached hydrogens (primary N) is 1. The normalized spacial score (nSPS) is 11.2. The molecule has 0 saturated carbocycles. The van der Waals surface area contributed by atoms with Gasteiger partial charge in [0, 0.05) is 13.7 Å². The number of nitrogens with zero attached hydrogens (tertiary/aromatic N) is 1. The molecule has 5 nitrogen and oxygen atoms in total. The van der Waals surface area contributed by atoms with Gasteiger partial charge in [-0.15, -0.1) is 0 Å². The largest absolute Gasteiger partial charge is 0.383 e. The lowest BCUT2D eigenvalue weighted by atomic mass is 10.2. The number of ether oxygens (including phenoxy) is 1. The van der Waals surface area contributed by atoms with Gasteiger partial charge in [-0.1, -0.05) is 30.3 Å². The number of hydrogen-bond donors (Lipinski definition) is 3. The Morgan fingerprint density at radius 1 is 1.38 bits per heavy atom. The number of nitrogens with one attached hydrogen (secondary N) is 2. The molecule has 0 aliphatic heterocycles. The first-order valence-electron chi connectivity index (χ1n) is 5.14. The van der Waals surface area contributed by atoms with Gasteiger partial charge in [0.25, 0.3) is 0 Å². The summed E-state index contributed by atoms with van der Waals surface area (Å²) in [6.07, 6.45) is 0. The Bertz CT molecular complexity index is 313. The molecule has 4 N–H and O–H groups in total. The third-order valence-electron chi connectivity index (χ3n) is 2.00. The predicted molar refractivity (Wildman–Crippen MR) is 64.8 cm³/mol. The minimum atomic E-state index is 0.570. The van der Waals surface area contributed by atoms with Gasteiger partial charge in [-0.05, 0) is 5.56 Å². The summed E-state index contributed by atoms with van der Waals surface area (Å²) in [4.78, 5) is 4.30. The molecule has 0 aliphatic rings. The molecule has 0 fully saturated rings. The van der Waals surface area contributed by atoms with Gasteiger partial charge < -0.3 is 10.1 Å². The lowest BCUT2D eigenvalue weighted by molar-refractivity contribution is 0.203. The Morgan fingerprint density at radius 3 is 2.75 bits per heavy atom. The van der Waals surface area contributed by atoms with Crippen LogP contribution in [0, 0.1) is 0 Å². The van der Waals surface area contributed by atoms with Crippen LogP contribution in [0.15, 0.2) is 35.3 Å². The summed E-state index contributed by atoms with van der Waals surface area (Å²) < 4.78 is 4.91. The Morgan fingerprint density at radius 2 is 2.12 bits per heavy atom. The number of aliphatic imine (C=N–C) groups is 1. The SMILES string of the molecule is COCCNC(=NCc1ccccc1)NN. The molecule has 0 bridgehead atoms. The molecule has 0 saturated heterocycles. The van der Waals surface area contributed by atoms with Crippen molar-refractivity contribution < 1.29 is 4.74 Å². The molecule has 16 heavy (non-hydrogen) atoms. The highest BCUT2D eigenvalue weighted by Gasteiger charge is 1.94. The van der Waals surface area contributed by atoms with E-state index in [-0.39, 0.29) is 0 Å². The molecule has 0 atom stereocenters. The fourth-order valence-electron chi connectivity index (χ4n) is 1.18. The topological polar surface area (TPSA) is 71.7 Å². The van der Waals surface area contributed by atoms with Crippen LogP contribution < -0.4 is 16.6 Å². The van der Waals surface area contributed by atoms with Crippen LogP contribution in [0.4, 0.5) is 0 Å². The van der Waals surface area contributed by atoms with Crippen LogP contribution in [0.3, 0.4) is 0 Å². The number of hydrogen-bond acceptors (Lipinski definition) is 3. The zero-order valence-electron chi connectivity index (χ0n) is 9.44. The first kappa shape index (κ1) is 12.5. The molecule has 1 rings (SSSR count). The molecular formula is C11H18N4O. The lowest BCUT2D eigenvalue weighted by Crippen LogP contribution is -2.42. The maximum atomic E-state index is 5.34. The smallest absolute Gasteiger partial charge is 0.206 e. The molecule has 1 aromatic carbocycles. The highest BCUT2D eigenvalue weighted by atomic mass is 16.5. The molecule has 1 aromatic rings. The second kappa shape index (κ2) is 7.67. The number of hydrazine groups is 1. The quantitative estimate of drug-likeness (QED) is 0.219. The van der Waals surface area contributed by atoms with E-state index in [4.69, 9.17) is 10.6 Å². The van der Waals surface area contributed by atoms with Crippen molar-refractivity contribution in [2.75, 3.05) is 20.3 Å². The Balaban J connectivity index is 2.40. The summed E-state index contributed by atoms with van der Waals surface area (Å²) in [5.41, 5.74) is 3.66. The molecule has 5 heteroatoms. The summed E-state index contributed by atoms with van der Waals surface area (Å²) in [7, 11) is 1.65. The minimum absolute atomic E-state index is 0.570. The van der Waals surface area contributed by atoms with E-state index < -0.39 is 0 Å². The van der Waals surface area contributed by atoms with Crippen LogP contribution in [0.1, 0.15) is 5.56 Å². The third-order valence-corrected chi connectivity index (χ3v) is 2.00. The number of methoxy groups -OCH3 is 1. The van der Waals surface area contributed by atoms with E-state index in [2.05, 4.69) is 15.7 Å². The lowest BCUT2D eigenvalue weighted by Gasteiger charge is -2.08. The van der Waals surface area contributed by atoms with E-state index in [9.17, 15) is 0 Å². The molecule has 0 heterocycles. The van der Waals surface area contributed by atoms with Crippen LogP contribution in [0.5, 0.6) is 0 Å². The molecular weight excluding hydrogens is 204 g/mol. The minimum Gasteiger partial charge on any atom is -0.383 e. The van der Waals surface area contributed by atoms with Crippen LogP contribution in [0.2, 0.25) is 0 Å². The van der Waals surface area contributed by atoms with E-state index in [1.807, 2.05) is 30.3 Å². The van der Waals surface area contributed by atoms with Crippen molar-refractivity contribution >= 4 is 5.96 Å². The zero-order valence-corrected chi connectivity index (χ0v) is 9.44. The van der Waals surface area contributed by atoms with E-state index in [1.165, 1.54) is 0 Å². The van der Waals surface area contributed by atoms with Gasteiger partial charge in [0.15, 0.2) is 0 Å². The van der Waals surface area contributed by atoms with Gasteiger partial charge in [-0.25, -0.2) is 10.8 Å². The fraction of sp³-hybridized carbons (Fsp3) is 0.364.